The van der Waals surface area contributed by atoms with E-state index >= 15 is 0 Å². The van der Waals surface area contributed by atoms with Crippen LogP contribution >= 0.6 is 0 Å². The van der Waals surface area contributed by atoms with Crippen LogP contribution < -0.4 is 10.1 Å². The molecule has 6 heteroatoms. The molecule has 2 rings (SSSR count). The number of likely N-dealkylation sites (N-methyl/N-ethyl adjacent to an activating group) is 1. The van der Waals surface area contributed by atoms with E-state index in [0.29, 0.717) is 12.4 Å². The first-order valence-corrected chi connectivity index (χ1v) is 7.51. The van der Waals surface area contributed by atoms with Crippen LogP contribution in [0, 0.1) is 6.92 Å². The van der Waals surface area contributed by atoms with Crippen LogP contribution in [0.5, 0.6) is 5.88 Å². The van der Waals surface area contributed by atoms with Gasteiger partial charge in [-0.2, -0.15) is 5.10 Å². The second kappa shape index (κ2) is 7.28. The van der Waals surface area contributed by atoms with Gasteiger partial charge in [-0.1, -0.05) is 30.3 Å². The van der Waals surface area contributed by atoms with Crippen molar-refractivity contribution >= 4 is 5.91 Å². The summed E-state index contributed by atoms with van der Waals surface area (Å²) < 4.78 is 7.11. The van der Waals surface area contributed by atoms with Crippen LogP contribution in [-0.2, 0) is 18.4 Å². The molecule has 0 fully saturated rings. The zero-order valence-corrected chi connectivity index (χ0v) is 14.3. The number of nitrogens with one attached hydrogen (secondary N) is 1. The van der Waals surface area contributed by atoms with E-state index < -0.39 is 6.04 Å². The maximum atomic E-state index is 12.5. The Labute approximate surface area is 137 Å². The van der Waals surface area contributed by atoms with Crippen molar-refractivity contribution in [2.45, 2.75) is 19.5 Å². The summed E-state index contributed by atoms with van der Waals surface area (Å²) in [5, 5.41) is 7.71. The smallest absolute Gasteiger partial charge is 0.243 e. The van der Waals surface area contributed by atoms with Crippen molar-refractivity contribution in [3.8, 4) is 5.88 Å². The third kappa shape index (κ3) is 3.71. The van der Waals surface area contributed by atoms with Crippen molar-refractivity contribution < 1.29 is 9.53 Å². The number of nitrogens with zero attached hydrogens (tertiary/aromatic N) is 3. The van der Waals surface area contributed by atoms with E-state index in [4.69, 9.17) is 4.74 Å². The van der Waals surface area contributed by atoms with Crippen LogP contribution in [0.15, 0.2) is 30.3 Å². The number of rotatable bonds is 6. The standard InChI is InChI=1S/C17H24N4O2/c1-12-14(17(23-5)21(4)19-12)11-18-15(16(22)20(2)3)13-9-7-6-8-10-13/h6-10,15,18H,11H2,1-5H3. The van der Waals surface area contributed by atoms with E-state index in [1.165, 1.54) is 0 Å². The molecule has 6 nitrogen and oxygen atoms in total. The minimum absolute atomic E-state index is 0.0108. The van der Waals surface area contributed by atoms with Gasteiger partial charge in [0.15, 0.2) is 0 Å². The molecule has 0 radical (unpaired) electrons. The van der Waals surface area contributed by atoms with Crippen LogP contribution in [0.25, 0.3) is 0 Å². The van der Waals surface area contributed by atoms with Gasteiger partial charge in [0.2, 0.25) is 11.8 Å². The van der Waals surface area contributed by atoms with Gasteiger partial charge in [0.1, 0.15) is 6.04 Å². The van der Waals surface area contributed by atoms with Crippen molar-refractivity contribution in [2.75, 3.05) is 21.2 Å². The van der Waals surface area contributed by atoms with Gasteiger partial charge in [-0.25, -0.2) is 4.68 Å². The van der Waals surface area contributed by atoms with Gasteiger partial charge in [-0.05, 0) is 12.5 Å². The topological polar surface area (TPSA) is 59.4 Å². The molecule has 0 saturated carbocycles. The number of aromatic nitrogens is 2. The lowest BCUT2D eigenvalue weighted by Crippen LogP contribution is -2.36. The van der Waals surface area contributed by atoms with E-state index in [9.17, 15) is 4.79 Å². The Hall–Kier alpha value is -2.34. The molecule has 1 unspecified atom stereocenters. The molecule has 0 spiro atoms. The first kappa shape index (κ1) is 17.0. The summed E-state index contributed by atoms with van der Waals surface area (Å²) in [6, 6.07) is 9.30. The minimum atomic E-state index is -0.407. The Kier molecular flexibility index (Phi) is 5.39. The predicted molar refractivity (Wildman–Crippen MR) is 89.2 cm³/mol. The summed E-state index contributed by atoms with van der Waals surface area (Å²) in [4.78, 5) is 14.1. The maximum absolute atomic E-state index is 12.5. The lowest BCUT2D eigenvalue weighted by molar-refractivity contribution is -0.131. The van der Waals surface area contributed by atoms with Gasteiger partial charge in [-0.15, -0.1) is 0 Å². The van der Waals surface area contributed by atoms with Gasteiger partial charge in [0.05, 0.1) is 18.4 Å². The normalized spacial score (nSPS) is 12.0. The Morgan fingerprint density at radius 2 is 2.00 bits per heavy atom. The first-order chi connectivity index (χ1) is 11.0. The molecule has 1 heterocycles. The second-order valence-electron chi connectivity index (χ2n) is 5.65. The van der Waals surface area contributed by atoms with Crippen molar-refractivity contribution in [3.05, 3.63) is 47.2 Å². The fraction of sp³-hybridized carbons (Fsp3) is 0.412. The molecule has 1 aromatic carbocycles. The number of hydrogen-bond donors (Lipinski definition) is 1. The number of benzene rings is 1. The molecular formula is C17H24N4O2. The van der Waals surface area contributed by atoms with Gasteiger partial charge >= 0.3 is 0 Å². The lowest BCUT2D eigenvalue weighted by Gasteiger charge is -2.22. The summed E-state index contributed by atoms with van der Waals surface area (Å²) in [6.45, 7) is 2.44. The van der Waals surface area contributed by atoms with E-state index in [2.05, 4.69) is 10.4 Å². The van der Waals surface area contributed by atoms with Crippen LogP contribution in [0.2, 0.25) is 0 Å². The molecule has 124 valence electrons. The SMILES string of the molecule is COc1c(CNC(C(=O)N(C)C)c2ccccc2)c(C)nn1C. The Morgan fingerprint density at radius 3 is 2.57 bits per heavy atom. The Balaban J connectivity index is 2.24. The summed E-state index contributed by atoms with van der Waals surface area (Å²) in [5.74, 6) is 0.718. The third-order valence-electron chi connectivity index (χ3n) is 3.79. The van der Waals surface area contributed by atoms with E-state index in [0.717, 1.165) is 16.8 Å². The zero-order valence-electron chi connectivity index (χ0n) is 14.3. The van der Waals surface area contributed by atoms with Crippen LogP contribution in [-0.4, -0.2) is 41.8 Å². The van der Waals surface area contributed by atoms with Crippen molar-refractivity contribution in [1.82, 2.24) is 20.0 Å². The zero-order chi connectivity index (χ0) is 17.0. The summed E-state index contributed by atoms with van der Waals surface area (Å²) in [7, 11) is 6.99. The number of amides is 1. The average Bonchev–Trinajstić information content (AvgIpc) is 2.81. The van der Waals surface area contributed by atoms with Crippen LogP contribution in [0.3, 0.4) is 0 Å². The fourth-order valence-corrected chi connectivity index (χ4v) is 2.60. The van der Waals surface area contributed by atoms with Crippen molar-refractivity contribution in [3.63, 3.8) is 0 Å². The molecule has 0 aliphatic rings. The van der Waals surface area contributed by atoms with Gasteiger partial charge < -0.3 is 9.64 Å². The predicted octanol–water partition coefficient (Wildman–Crippen LogP) is 1.66. The number of carbonyl (C=O) groups excluding carboxylic acids is 1. The van der Waals surface area contributed by atoms with Crippen LogP contribution in [0.1, 0.15) is 22.9 Å². The van der Waals surface area contributed by atoms with Gasteiger partial charge in [0, 0.05) is 27.7 Å². The highest BCUT2D eigenvalue weighted by Gasteiger charge is 2.23. The summed E-state index contributed by atoms with van der Waals surface area (Å²) in [5.41, 5.74) is 2.79. The third-order valence-corrected chi connectivity index (χ3v) is 3.79. The van der Waals surface area contributed by atoms with E-state index in [1.54, 1.807) is 30.8 Å². The summed E-state index contributed by atoms with van der Waals surface area (Å²) >= 11 is 0. The molecule has 1 aromatic heterocycles. The molecule has 23 heavy (non-hydrogen) atoms. The molecule has 0 bridgehead atoms. The number of methoxy groups -OCH3 is 1. The highest BCUT2D eigenvalue weighted by Crippen LogP contribution is 2.22. The number of carbonyl (C=O) groups is 1. The molecule has 2 aromatic rings. The first-order valence-electron chi connectivity index (χ1n) is 7.51. The number of aryl methyl sites for hydroxylation is 2. The average molecular weight is 316 g/mol. The summed E-state index contributed by atoms with van der Waals surface area (Å²) in [6.07, 6.45) is 0. The molecule has 0 aliphatic heterocycles. The Bertz CT molecular complexity index is 665. The highest BCUT2D eigenvalue weighted by atomic mass is 16.5. The van der Waals surface area contributed by atoms with E-state index in [1.807, 2.05) is 44.3 Å². The second-order valence-corrected chi connectivity index (χ2v) is 5.65. The van der Waals surface area contributed by atoms with Gasteiger partial charge in [0.25, 0.3) is 0 Å². The van der Waals surface area contributed by atoms with Crippen LogP contribution in [0.4, 0.5) is 0 Å². The largest absolute Gasteiger partial charge is 0.481 e. The quantitative estimate of drug-likeness (QED) is 0.880. The Morgan fingerprint density at radius 1 is 1.35 bits per heavy atom. The van der Waals surface area contributed by atoms with Crippen molar-refractivity contribution in [1.29, 1.82) is 0 Å². The molecule has 1 amide bonds. The maximum Gasteiger partial charge on any atom is 0.243 e. The molecule has 0 saturated heterocycles. The molecule has 1 atom stereocenters. The fourth-order valence-electron chi connectivity index (χ4n) is 2.60. The highest BCUT2D eigenvalue weighted by molar-refractivity contribution is 5.82. The molecule has 1 N–H and O–H groups in total. The minimum Gasteiger partial charge on any atom is -0.481 e. The molecular weight excluding hydrogens is 292 g/mol. The lowest BCUT2D eigenvalue weighted by atomic mass is 10.1. The van der Waals surface area contributed by atoms with Crippen molar-refractivity contribution in [2.24, 2.45) is 7.05 Å². The monoisotopic (exact) mass is 316 g/mol. The number of hydrogen-bond acceptors (Lipinski definition) is 4. The number of ether oxygens (including phenoxy) is 1. The molecule has 0 aliphatic carbocycles. The van der Waals surface area contributed by atoms with Gasteiger partial charge in [-0.3, -0.25) is 10.1 Å². The van der Waals surface area contributed by atoms with E-state index in [-0.39, 0.29) is 5.91 Å².